The molecule has 2 N–H and O–H groups in total. The molecule has 0 unspecified atom stereocenters. The Morgan fingerprint density at radius 1 is 1.03 bits per heavy atom. The van der Waals surface area contributed by atoms with E-state index in [-0.39, 0.29) is 17.7 Å². The van der Waals surface area contributed by atoms with Crippen molar-refractivity contribution in [1.82, 2.24) is 4.98 Å². The van der Waals surface area contributed by atoms with Crippen LogP contribution in [0.25, 0.3) is 22.2 Å². The largest absolute Gasteiger partial charge is 0.463 e. The van der Waals surface area contributed by atoms with E-state index in [1.165, 1.54) is 11.3 Å². The molecule has 0 aliphatic heterocycles. The number of benzene rings is 2. The number of nitrogens with zero attached hydrogens (tertiary/aromatic N) is 1. The van der Waals surface area contributed by atoms with E-state index in [9.17, 15) is 9.59 Å². The zero-order chi connectivity index (χ0) is 19.8. The number of carbonyl (C=O) groups is 2. The van der Waals surface area contributed by atoms with Crippen molar-refractivity contribution in [3.63, 3.8) is 0 Å². The number of rotatable bonds is 5. The van der Waals surface area contributed by atoms with E-state index >= 15 is 0 Å². The van der Waals surface area contributed by atoms with Gasteiger partial charge in [0, 0.05) is 11.3 Å². The molecule has 29 heavy (non-hydrogen) atoms. The van der Waals surface area contributed by atoms with Gasteiger partial charge in [-0.15, -0.1) is 11.3 Å². The summed E-state index contributed by atoms with van der Waals surface area (Å²) in [6, 6.07) is 15.0. The van der Waals surface area contributed by atoms with Gasteiger partial charge >= 0.3 is 0 Å². The van der Waals surface area contributed by atoms with Gasteiger partial charge in [-0.3, -0.25) is 14.9 Å². The fourth-order valence-electron chi connectivity index (χ4n) is 3.14. The van der Waals surface area contributed by atoms with Gasteiger partial charge in [-0.1, -0.05) is 24.3 Å². The van der Waals surface area contributed by atoms with Crippen LogP contribution in [0.5, 0.6) is 0 Å². The van der Waals surface area contributed by atoms with Crippen molar-refractivity contribution in [2.24, 2.45) is 5.92 Å². The number of aromatic nitrogens is 1. The quantitative estimate of drug-likeness (QED) is 0.482. The van der Waals surface area contributed by atoms with Crippen molar-refractivity contribution < 1.29 is 14.0 Å². The molecule has 1 aliphatic rings. The Hall–Kier alpha value is -3.45. The number of furan rings is 1. The van der Waals surface area contributed by atoms with Crippen molar-refractivity contribution in [2.45, 2.75) is 12.8 Å². The lowest BCUT2D eigenvalue weighted by atomic mass is 10.0. The first-order chi connectivity index (χ1) is 14.2. The number of thiazole rings is 1. The highest BCUT2D eigenvalue weighted by Gasteiger charge is 2.30. The summed E-state index contributed by atoms with van der Waals surface area (Å²) in [4.78, 5) is 29.8. The van der Waals surface area contributed by atoms with Crippen LogP contribution in [0, 0.1) is 5.92 Å². The third-order valence-corrected chi connectivity index (χ3v) is 5.59. The lowest BCUT2D eigenvalue weighted by molar-refractivity contribution is -0.117. The van der Waals surface area contributed by atoms with E-state index in [2.05, 4.69) is 15.6 Å². The predicted molar refractivity (Wildman–Crippen MR) is 113 cm³/mol. The smallest absolute Gasteiger partial charge is 0.259 e. The monoisotopic (exact) mass is 403 g/mol. The van der Waals surface area contributed by atoms with Gasteiger partial charge in [0.15, 0.2) is 10.9 Å². The average Bonchev–Trinajstić information content (AvgIpc) is 3.24. The van der Waals surface area contributed by atoms with E-state index in [1.54, 1.807) is 18.4 Å². The Bertz CT molecular complexity index is 1210. The standard InChI is InChI=1S/C22H17N3O3S/c26-20(13-7-8-13)23-17-11-15-5-2-1-4-14(15)10-16(17)21(27)25-22-24-18(12-29-22)19-6-3-9-28-19/h1-6,9-13H,7-8H2,(H,23,26)(H,24,25,27). The highest BCUT2D eigenvalue weighted by Crippen LogP contribution is 2.32. The highest BCUT2D eigenvalue weighted by atomic mass is 32.1. The van der Waals surface area contributed by atoms with Crippen LogP contribution in [-0.2, 0) is 4.79 Å². The van der Waals surface area contributed by atoms with Crippen molar-refractivity contribution in [1.29, 1.82) is 0 Å². The summed E-state index contributed by atoms with van der Waals surface area (Å²) in [5.74, 6) is 0.336. The first-order valence-electron chi connectivity index (χ1n) is 9.32. The molecule has 0 spiro atoms. The number of carbonyl (C=O) groups excluding carboxylic acids is 2. The van der Waals surface area contributed by atoms with Gasteiger partial charge in [0.25, 0.3) is 5.91 Å². The van der Waals surface area contributed by atoms with Gasteiger partial charge in [-0.05, 0) is 47.9 Å². The van der Waals surface area contributed by atoms with Crippen molar-refractivity contribution >= 4 is 44.7 Å². The fourth-order valence-corrected chi connectivity index (χ4v) is 3.84. The van der Waals surface area contributed by atoms with Crippen LogP contribution in [0.3, 0.4) is 0 Å². The normalized spacial score (nSPS) is 13.4. The maximum Gasteiger partial charge on any atom is 0.259 e. The molecule has 1 saturated carbocycles. The number of amides is 2. The topological polar surface area (TPSA) is 84.2 Å². The number of hydrogen-bond donors (Lipinski definition) is 2. The molecule has 0 atom stereocenters. The summed E-state index contributed by atoms with van der Waals surface area (Å²) in [6.07, 6.45) is 3.38. The minimum absolute atomic E-state index is 0.0383. The Morgan fingerprint density at radius 3 is 2.55 bits per heavy atom. The van der Waals surface area contributed by atoms with Gasteiger partial charge in [0.1, 0.15) is 5.69 Å². The second kappa shape index (κ2) is 7.18. The molecule has 2 aromatic heterocycles. The minimum Gasteiger partial charge on any atom is -0.463 e. The molecule has 5 rings (SSSR count). The van der Waals surface area contributed by atoms with Crippen molar-refractivity contribution in [3.8, 4) is 11.5 Å². The van der Waals surface area contributed by atoms with E-state index in [0.717, 1.165) is 23.6 Å². The molecule has 144 valence electrons. The number of anilines is 2. The molecule has 0 saturated heterocycles. The van der Waals surface area contributed by atoms with Crippen LogP contribution in [0.2, 0.25) is 0 Å². The molecule has 2 amide bonds. The zero-order valence-corrected chi connectivity index (χ0v) is 16.2. The molecule has 1 aliphatic carbocycles. The zero-order valence-electron chi connectivity index (χ0n) is 15.3. The second-order valence-electron chi connectivity index (χ2n) is 6.98. The number of hydrogen-bond acceptors (Lipinski definition) is 5. The molecule has 6 nitrogen and oxygen atoms in total. The number of fused-ring (bicyclic) bond motifs is 1. The first-order valence-corrected chi connectivity index (χ1v) is 10.2. The summed E-state index contributed by atoms with van der Waals surface area (Å²) in [5.41, 5.74) is 1.59. The Labute approximate surface area is 170 Å². The van der Waals surface area contributed by atoms with Gasteiger partial charge in [-0.25, -0.2) is 4.98 Å². The molecular formula is C22H17N3O3S. The third-order valence-electron chi connectivity index (χ3n) is 4.83. The van der Waals surface area contributed by atoms with Gasteiger partial charge in [0.2, 0.25) is 5.91 Å². The van der Waals surface area contributed by atoms with Gasteiger partial charge < -0.3 is 9.73 Å². The highest BCUT2D eigenvalue weighted by molar-refractivity contribution is 7.14. The molecule has 4 aromatic rings. The summed E-state index contributed by atoms with van der Waals surface area (Å²) >= 11 is 1.32. The average molecular weight is 403 g/mol. The van der Waals surface area contributed by atoms with Crippen LogP contribution in [0.15, 0.2) is 64.6 Å². The summed E-state index contributed by atoms with van der Waals surface area (Å²) in [6.45, 7) is 0. The summed E-state index contributed by atoms with van der Waals surface area (Å²) in [5, 5.41) is 9.95. The number of nitrogens with one attached hydrogen (secondary N) is 2. The minimum atomic E-state index is -0.317. The van der Waals surface area contributed by atoms with Crippen molar-refractivity contribution in [3.05, 3.63) is 65.7 Å². The van der Waals surface area contributed by atoms with Crippen LogP contribution in [0.4, 0.5) is 10.8 Å². The Morgan fingerprint density at radius 2 is 1.83 bits per heavy atom. The van der Waals surface area contributed by atoms with E-state index in [1.807, 2.05) is 41.8 Å². The van der Waals surface area contributed by atoms with E-state index in [4.69, 9.17) is 4.42 Å². The predicted octanol–water partition coefficient (Wildman–Crippen LogP) is 5.16. The van der Waals surface area contributed by atoms with Crippen LogP contribution in [-0.4, -0.2) is 16.8 Å². The maximum absolute atomic E-state index is 13.0. The van der Waals surface area contributed by atoms with E-state index < -0.39 is 0 Å². The van der Waals surface area contributed by atoms with E-state index in [0.29, 0.717) is 27.8 Å². The Kier molecular flexibility index (Phi) is 4.37. The molecule has 2 aromatic carbocycles. The lowest BCUT2D eigenvalue weighted by Gasteiger charge is -2.12. The molecule has 7 heteroatoms. The molecule has 0 bridgehead atoms. The van der Waals surface area contributed by atoms with Crippen LogP contribution >= 0.6 is 11.3 Å². The lowest BCUT2D eigenvalue weighted by Crippen LogP contribution is -2.19. The third kappa shape index (κ3) is 3.64. The van der Waals surface area contributed by atoms with Crippen molar-refractivity contribution in [2.75, 3.05) is 10.6 Å². The summed E-state index contributed by atoms with van der Waals surface area (Å²) < 4.78 is 5.35. The molecule has 2 heterocycles. The first kappa shape index (κ1) is 17.6. The molecule has 1 fully saturated rings. The second-order valence-corrected chi connectivity index (χ2v) is 7.84. The SMILES string of the molecule is O=C(Nc1nc(-c2ccco2)cs1)c1cc2ccccc2cc1NC(=O)C1CC1. The summed E-state index contributed by atoms with van der Waals surface area (Å²) in [7, 11) is 0. The van der Waals surface area contributed by atoms with Crippen LogP contribution < -0.4 is 10.6 Å². The van der Waals surface area contributed by atoms with Gasteiger partial charge in [-0.2, -0.15) is 0 Å². The maximum atomic E-state index is 13.0. The van der Waals surface area contributed by atoms with Crippen LogP contribution in [0.1, 0.15) is 23.2 Å². The van der Waals surface area contributed by atoms with Gasteiger partial charge in [0.05, 0.1) is 17.5 Å². The molecule has 0 radical (unpaired) electrons. The molecular weight excluding hydrogens is 386 g/mol. The Balaban J connectivity index is 1.45. The fraction of sp³-hybridized carbons (Fsp3) is 0.136.